The first kappa shape index (κ1) is 17.2. The van der Waals surface area contributed by atoms with Gasteiger partial charge in [-0.15, -0.1) is 0 Å². The molecule has 2 amide bonds. The fourth-order valence-corrected chi connectivity index (χ4v) is 2.33. The minimum Gasteiger partial charge on any atom is -0.409 e. The van der Waals surface area contributed by atoms with E-state index in [1.807, 2.05) is 0 Å². The number of carbonyl (C=O) groups excluding carboxylic acids is 2. The Morgan fingerprint density at radius 1 is 1.33 bits per heavy atom. The van der Waals surface area contributed by atoms with Crippen LogP contribution in [-0.4, -0.2) is 73.1 Å². The molecular formula is C13H24N4O4. The molecule has 0 saturated carbocycles. The van der Waals surface area contributed by atoms with Crippen LogP contribution in [0.15, 0.2) is 5.16 Å². The van der Waals surface area contributed by atoms with Crippen LogP contribution in [0.25, 0.3) is 0 Å². The minimum atomic E-state index is -1.09. The molecule has 0 bridgehead atoms. The Morgan fingerprint density at radius 3 is 2.33 bits per heavy atom. The van der Waals surface area contributed by atoms with Crippen molar-refractivity contribution < 1.29 is 19.5 Å². The third kappa shape index (κ3) is 3.63. The lowest BCUT2D eigenvalue weighted by Gasteiger charge is -2.38. The number of hydrogen-bond acceptors (Lipinski definition) is 5. The van der Waals surface area contributed by atoms with Gasteiger partial charge in [-0.25, -0.2) is 0 Å². The van der Waals surface area contributed by atoms with Crippen LogP contribution in [0.5, 0.6) is 0 Å². The van der Waals surface area contributed by atoms with Crippen molar-refractivity contribution in [2.75, 3.05) is 40.4 Å². The molecule has 0 spiro atoms. The van der Waals surface area contributed by atoms with Crippen molar-refractivity contribution in [1.82, 2.24) is 9.80 Å². The van der Waals surface area contributed by atoms with Gasteiger partial charge in [0.1, 0.15) is 5.41 Å². The molecule has 0 radical (unpaired) electrons. The van der Waals surface area contributed by atoms with Crippen LogP contribution in [0.1, 0.15) is 19.8 Å². The molecule has 21 heavy (non-hydrogen) atoms. The summed E-state index contributed by atoms with van der Waals surface area (Å²) in [5.41, 5.74) is 4.68. The van der Waals surface area contributed by atoms with Crippen molar-refractivity contribution in [1.29, 1.82) is 0 Å². The second-order valence-electron chi connectivity index (χ2n) is 5.29. The zero-order chi connectivity index (χ0) is 16.0. The van der Waals surface area contributed by atoms with Gasteiger partial charge in [0.25, 0.3) is 0 Å². The summed E-state index contributed by atoms with van der Waals surface area (Å²) in [6.07, 6.45) is 0.683. The molecule has 1 fully saturated rings. The molecule has 0 aromatic rings. The second-order valence-corrected chi connectivity index (χ2v) is 5.29. The number of nitrogens with zero attached hydrogens (tertiary/aromatic N) is 3. The first-order valence-electron chi connectivity index (χ1n) is 6.94. The van der Waals surface area contributed by atoms with Crippen LogP contribution < -0.4 is 5.73 Å². The Hall–Kier alpha value is -1.83. The molecule has 8 nitrogen and oxygen atoms in total. The highest BCUT2D eigenvalue weighted by atomic mass is 16.5. The van der Waals surface area contributed by atoms with Crippen LogP contribution in [0.2, 0.25) is 0 Å². The molecule has 1 rings (SSSR count). The quantitative estimate of drug-likeness (QED) is 0.307. The van der Waals surface area contributed by atoms with Gasteiger partial charge in [-0.3, -0.25) is 9.59 Å². The van der Waals surface area contributed by atoms with Gasteiger partial charge in [0.15, 0.2) is 5.84 Å². The summed E-state index contributed by atoms with van der Waals surface area (Å²) >= 11 is 0. The second kappa shape index (κ2) is 7.26. The van der Waals surface area contributed by atoms with Crippen LogP contribution in [0.3, 0.4) is 0 Å². The van der Waals surface area contributed by atoms with Gasteiger partial charge in [0.05, 0.1) is 6.54 Å². The van der Waals surface area contributed by atoms with Gasteiger partial charge in [-0.1, -0.05) is 5.16 Å². The first-order chi connectivity index (χ1) is 9.89. The molecule has 0 atom stereocenters. The van der Waals surface area contributed by atoms with E-state index < -0.39 is 5.41 Å². The molecule has 0 aromatic heterocycles. The largest absolute Gasteiger partial charge is 0.409 e. The lowest BCUT2D eigenvalue weighted by atomic mass is 9.77. The maximum Gasteiger partial charge on any atom is 0.241 e. The van der Waals surface area contributed by atoms with Crippen molar-refractivity contribution in [2.24, 2.45) is 16.3 Å². The summed E-state index contributed by atoms with van der Waals surface area (Å²) in [6, 6.07) is 0. The minimum absolute atomic E-state index is 0.0242. The number of rotatable bonds is 5. The molecule has 0 unspecified atom stereocenters. The zero-order valence-corrected chi connectivity index (χ0v) is 12.8. The monoisotopic (exact) mass is 300 g/mol. The molecule has 1 heterocycles. The summed E-state index contributed by atoms with van der Waals surface area (Å²) < 4.78 is 5.26. The average molecular weight is 300 g/mol. The SMILES string of the molecule is CCN(CC(=O)N(C)C)C(=O)C1(C(N)=NO)CCOCC1. The van der Waals surface area contributed by atoms with E-state index in [1.54, 1.807) is 21.0 Å². The fourth-order valence-electron chi connectivity index (χ4n) is 2.33. The average Bonchev–Trinajstić information content (AvgIpc) is 2.51. The van der Waals surface area contributed by atoms with Crippen molar-refractivity contribution >= 4 is 17.6 Å². The van der Waals surface area contributed by atoms with E-state index in [0.29, 0.717) is 32.6 Å². The fraction of sp³-hybridized carbons (Fsp3) is 0.769. The number of amidine groups is 1. The predicted octanol–water partition coefficient (Wildman–Crippen LogP) is -0.534. The molecule has 0 aliphatic carbocycles. The van der Waals surface area contributed by atoms with Gasteiger partial charge >= 0.3 is 0 Å². The Balaban J connectivity index is 3.00. The number of nitrogens with two attached hydrogens (primary N) is 1. The number of hydrogen-bond donors (Lipinski definition) is 2. The molecule has 1 aliphatic heterocycles. The van der Waals surface area contributed by atoms with Crippen molar-refractivity contribution in [3.05, 3.63) is 0 Å². The third-order valence-electron chi connectivity index (χ3n) is 3.85. The Labute approximate surface area is 124 Å². The highest BCUT2D eigenvalue weighted by Crippen LogP contribution is 2.33. The summed E-state index contributed by atoms with van der Waals surface area (Å²) in [5, 5.41) is 12.0. The highest BCUT2D eigenvalue weighted by Gasteiger charge is 2.46. The van der Waals surface area contributed by atoms with Gasteiger partial charge in [0.2, 0.25) is 11.8 Å². The number of oxime groups is 1. The van der Waals surface area contributed by atoms with Crippen LogP contribution in [0, 0.1) is 5.41 Å². The number of amides is 2. The smallest absolute Gasteiger partial charge is 0.241 e. The zero-order valence-electron chi connectivity index (χ0n) is 12.8. The number of ether oxygens (including phenoxy) is 1. The lowest BCUT2D eigenvalue weighted by molar-refractivity contribution is -0.146. The highest BCUT2D eigenvalue weighted by molar-refractivity contribution is 6.07. The number of likely N-dealkylation sites (N-methyl/N-ethyl adjacent to an activating group) is 2. The summed E-state index contributed by atoms with van der Waals surface area (Å²) in [6.45, 7) is 2.87. The van der Waals surface area contributed by atoms with Gasteiger partial charge < -0.3 is 25.5 Å². The Morgan fingerprint density at radius 2 is 1.90 bits per heavy atom. The van der Waals surface area contributed by atoms with Crippen molar-refractivity contribution in [2.45, 2.75) is 19.8 Å². The predicted molar refractivity (Wildman–Crippen MR) is 76.8 cm³/mol. The maximum absolute atomic E-state index is 12.8. The van der Waals surface area contributed by atoms with Crippen LogP contribution >= 0.6 is 0 Å². The van der Waals surface area contributed by atoms with Crippen molar-refractivity contribution in [3.63, 3.8) is 0 Å². The summed E-state index contributed by atoms with van der Waals surface area (Å²) in [5.74, 6) is -0.586. The first-order valence-corrected chi connectivity index (χ1v) is 6.94. The normalized spacial score (nSPS) is 18.1. The van der Waals surface area contributed by atoms with Crippen LogP contribution in [-0.2, 0) is 14.3 Å². The molecule has 120 valence electrons. The molecule has 1 saturated heterocycles. The summed E-state index contributed by atoms with van der Waals surface area (Å²) in [7, 11) is 3.27. The standard InChI is InChI=1S/C13H24N4O4/c1-4-17(9-10(18)16(2)3)12(19)13(11(14)15-20)5-7-21-8-6-13/h20H,4-9H2,1-3H3,(H2,14,15). The van der Waals surface area contributed by atoms with Gasteiger partial charge in [0, 0.05) is 33.9 Å². The topological polar surface area (TPSA) is 108 Å². The molecular weight excluding hydrogens is 276 g/mol. The number of carbonyl (C=O) groups is 2. The van der Waals surface area contributed by atoms with E-state index >= 15 is 0 Å². The maximum atomic E-state index is 12.8. The lowest BCUT2D eigenvalue weighted by Crippen LogP contribution is -2.55. The van der Waals surface area contributed by atoms with E-state index in [4.69, 9.17) is 15.7 Å². The molecule has 0 aromatic carbocycles. The van der Waals surface area contributed by atoms with Gasteiger partial charge in [-0.05, 0) is 19.8 Å². The van der Waals surface area contributed by atoms with E-state index in [2.05, 4.69) is 5.16 Å². The van der Waals surface area contributed by atoms with Crippen molar-refractivity contribution in [3.8, 4) is 0 Å². The molecule has 3 N–H and O–H groups in total. The van der Waals surface area contributed by atoms with E-state index in [1.165, 1.54) is 9.80 Å². The van der Waals surface area contributed by atoms with E-state index in [9.17, 15) is 9.59 Å². The van der Waals surface area contributed by atoms with Crippen LogP contribution in [0.4, 0.5) is 0 Å². The molecule has 1 aliphatic rings. The third-order valence-corrected chi connectivity index (χ3v) is 3.85. The summed E-state index contributed by atoms with van der Waals surface area (Å²) in [4.78, 5) is 27.5. The van der Waals surface area contributed by atoms with Gasteiger partial charge in [-0.2, -0.15) is 0 Å². The Kier molecular flexibility index (Phi) is 5.95. The van der Waals surface area contributed by atoms with E-state index in [0.717, 1.165) is 0 Å². The molecule has 8 heteroatoms. The van der Waals surface area contributed by atoms with E-state index in [-0.39, 0.29) is 24.2 Å². The Bertz CT molecular complexity index is 416.